The number of nitrogens with two attached hydrogens (primary N) is 1. The molecule has 0 radical (unpaired) electrons. The Morgan fingerprint density at radius 2 is 0.581 bits per heavy atom. The summed E-state index contributed by atoms with van der Waals surface area (Å²) in [6.45, 7) is -0.454. The highest BCUT2D eigenvalue weighted by Gasteiger charge is 2.40. The maximum atomic E-state index is 13.7. The van der Waals surface area contributed by atoms with Crippen LogP contribution in [0.25, 0.3) is 33.4 Å². The van der Waals surface area contributed by atoms with E-state index < -0.39 is 128 Å². The van der Waals surface area contributed by atoms with Crippen molar-refractivity contribution in [2.24, 2.45) is 0 Å². The van der Waals surface area contributed by atoms with E-state index in [1.807, 2.05) is 0 Å². The molecule has 0 aromatic heterocycles. The molecule has 0 saturated carbocycles. The zero-order chi connectivity index (χ0) is 67.6. The molecule has 0 fully saturated rings. The molecule has 0 aliphatic carbocycles. The molecular formula is C64H44ClF24N3O. The van der Waals surface area contributed by atoms with Crippen molar-refractivity contribution >= 4 is 35.8 Å². The first-order valence-electron chi connectivity index (χ1n) is 25.4. The molecule has 0 saturated heterocycles. The predicted octanol–water partition coefficient (Wildman–Crippen LogP) is 22.4. The monoisotopic (exact) mass is 1360 g/mol. The highest BCUT2D eigenvalue weighted by atomic mass is 35.5. The van der Waals surface area contributed by atoms with Gasteiger partial charge in [-0.3, -0.25) is 4.79 Å². The number of benzene rings is 9. The number of aldehydes is 1. The van der Waals surface area contributed by atoms with E-state index in [1.54, 1.807) is 0 Å². The Kier molecular flexibility index (Phi) is 25.3. The molecule has 496 valence electrons. The SMILES string of the molecule is C.Cl.Fc1cccc(F)c1CNc1ccc(-c2cc(C(F)(F)F)ccc2C(F)(F)F)cc1.Fc1cccc(F)c1CNc1ccc(-c2cc(C(F)(F)F)ccc2C(F)(F)F)cc1.Nc1ccc(-c2cc(C(F)(F)F)ccc2C(F)(F)F)cc1.O=Cc1c(F)cccc1F. The fraction of sp³-hybridized carbons (Fsp3) is 0.141. The summed E-state index contributed by atoms with van der Waals surface area (Å²) in [7, 11) is 0. The highest BCUT2D eigenvalue weighted by Crippen LogP contribution is 2.44. The van der Waals surface area contributed by atoms with Crippen LogP contribution in [0.1, 0.15) is 62.3 Å². The molecule has 0 bridgehead atoms. The van der Waals surface area contributed by atoms with E-state index >= 15 is 0 Å². The zero-order valence-corrected chi connectivity index (χ0v) is 46.6. The van der Waals surface area contributed by atoms with Gasteiger partial charge in [0, 0.05) is 41.3 Å². The van der Waals surface area contributed by atoms with Gasteiger partial charge in [-0.1, -0.05) is 62.0 Å². The van der Waals surface area contributed by atoms with E-state index in [0.29, 0.717) is 71.7 Å². The van der Waals surface area contributed by atoms with Crippen molar-refractivity contribution in [2.45, 2.75) is 57.6 Å². The molecule has 9 rings (SSSR count). The first-order chi connectivity index (χ1) is 42.3. The van der Waals surface area contributed by atoms with E-state index in [1.165, 1.54) is 91.0 Å². The van der Waals surface area contributed by atoms with Gasteiger partial charge in [-0.15, -0.1) is 12.4 Å². The van der Waals surface area contributed by atoms with E-state index in [9.17, 15) is 110 Å². The maximum absolute atomic E-state index is 13.7. The summed E-state index contributed by atoms with van der Waals surface area (Å²) in [6.07, 6.45) is -28.6. The number of hydrogen-bond donors (Lipinski definition) is 3. The summed E-state index contributed by atoms with van der Waals surface area (Å²) in [5.41, 5.74) is -3.60. The average Bonchev–Trinajstić information content (AvgIpc) is 0.806. The predicted molar refractivity (Wildman–Crippen MR) is 303 cm³/mol. The smallest absolute Gasteiger partial charge is 0.399 e. The minimum absolute atomic E-state index is 0. The molecular weight excluding hydrogens is 1320 g/mol. The lowest BCUT2D eigenvalue weighted by atomic mass is 9.96. The Bertz CT molecular complexity index is 3720. The molecule has 9 aromatic rings. The molecule has 0 unspecified atom stereocenters. The van der Waals surface area contributed by atoms with Crippen LogP contribution < -0.4 is 16.4 Å². The molecule has 0 amide bonds. The number of alkyl halides is 18. The number of halogens is 25. The summed E-state index contributed by atoms with van der Waals surface area (Å²) in [5, 5.41) is 5.44. The second kappa shape index (κ2) is 30.9. The molecule has 29 heteroatoms. The summed E-state index contributed by atoms with van der Waals surface area (Å²) in [6, 6.07) is 29.0. The van der Waals surface area contributed by atoms with Crippen LogP contribution in [0.3, 0.4) is 0 Å². The van der Waals surface area contributed by atoms with Crippen LogP contribution in [0.15, 0.2) is 182 Å². The van der Waals surface area contributed by atoms with Crippen LogP contribution >= 0.6 is 12.4 Å². The first kappa shape index (κ1) is 76.1. The maximum Gasteiger partial charge on any atom is 0.417 e. The number of nitrogen functional groups attached to an aromatic ring is 1. The van der Waals surface area contributed by atoms with Gasteiger partial charge in [0.15, 0.2) is 6.29 Å². The zero-order valence-electron chi connectivity index (χ0n) is 45.8. The van der Waals surface area contributed by atoms with Gasteiger partial charge in [0.05, 0.1) is 38.9 Å². The Hall–Kier alpha value is -9.34. The number of rotatable bonds is 10. The Balaban J connectivity index is 0.000000277. The molecule has 0 atom stereocenters. The molecule has 0 aliphatic rings. The number of anilines is 3. The third kappa shape index (κ3) is 20.6. The quantitative estimate of drug-likeness (QED) is 0.0725. The molecule has 0 aliphatic heterocycles. The van der Waals surface area contributed by atoms with Gasteiger partial charge in [-0.05, 0) is 161 Å². The lowest BCUT2D eigenvalue weighted by Gasteiger charge is -2.16. The lowest BCUT2D eigenvalue weighted by molar-refractivity contribution is -0.141. The van der Waals surface area contributed by atoms with Crippen molar-refractivity contribution in [3.8, 4) is 33.4 Å². The Morgan fingerprint density at radius 1 is 0.333 bits per heavy atom. The fourth-order valence-corrected chi connectivity index (χ4v) is 8.22. The first-order valence-corrected chi connectivity index (χ1v) is 25.4. The third-order valence-corrected chi connectivity index (χ3v) is 12.7. The highest BCUT2D eigenvalue weighted by molar-refractivity contribution is 5.85. The van der Waals surface area contributed by atoms with Gasteiger partial charge < -0.3 is 16.4 Å². The van der Waals surface area contributed by atoms with Gasteiger partial charge in [-0.2, -0.15) is 79.0 Å². The number of hydrogen-bond acceptors (Lipinski definition) is 4. The average molecular weight is 1360 g/mol. The minimum Gasteiger partial charge on any atom is -0.399 e. The molecule has 4 N–H and O–H groups in total. The Morgan fingerprint density at radius 3 is 0.806 bits per heavy atom. The van der Waals surface area contributed by atoms with E-state index in [4.69, 9.17) is 5.73 Å². The van der Waals surface area contributed by atoms with Crippen molar-refractivity contribution in [3.05, 3.63) is 267 Å². The van der Waals surface area contributed by atoms with Crippen LogP contribution in [-0.4, -0.2) is 6.29 Å². The molecule has 9 aromatic carbocycles. The largest absolute Gasteiger partial charge is 0.417 e. The van der Waals surface area contributed by atoms with Gasteiger partial charge in [0.1, 0.15) is 34.9 Å². The molecule has 0 spiro atoms. The molecule has 0 heterocycles. The number of carbonyl (C=O) groups excluding carboxylic acids is 1. The molecule has 93 heavy (non-hydrogen) atoms. The van der Waals surface area contributed by atoms with Crippen LogP contribution in [0.2, 0.25) is 0 Å². The van der Waals surface area contributed by atoms with Crippen molar-refractivity contribution in [1.82, 2.24) is 0 Å². The van der Waals surface area contributed by atoms with Crippen LogP contribution in [0.5, 0.6) is 0 Å². The number of nitrogens with one attached hydrogen (secondary N) is 2. The summed E-state index contributed by atoms with van der Waals surface area (Å²) < 4.78 is 313. The number of carbonyl (C=O) groups is 1. The van der Waals surface area contributed by atoms with Crippen molar-refractivity contribution < 1.29 is 110 Å². The lowest BCUT2D eigenvalue weighted by Crippen LogP contribution is -2.11. The van der Waals surface area contributed by atoms with E-state index in [-0.39, 0.29) is 67.0 Å². The van der Waals surface area contributed by atoms with Crippen molar-refractivity contribution in [3.63, 3.8) is 0 Å². The van der Waals surface area contributed by atoms with Crippen LogP contribution in [0.4, 0.5) is 122 Å². The van der Waals surface area contributed by atoms with Gasteiger partial charge in [0.25, 0.3) is 0 Å². The van der Waals surface area contributed by atoms with Gasteiger partial charge >= 0.3 is 37.1 Å². The van der Waals surface area contributed by atoms with Gasteiger partial charge in [-0.25, -0.2) is 26.3 Å². The summed E-state index contributed by atoms with van der Waals surface area (Å²) >= 11 is 0. The van der Waals surface area contributed by atoms with Crippen LogP contribution in [-0.2, 0) is 50.1 Å². The minimum atomic E-state index is -4.85. The normalized spacial score (nSPS) is 11.7. The fourth-order valence-electron chi connectivity index (χ4n) is 8.22. The van der Waals surface area contributed by atoms with E-state index in [2.05, 4.69) is 10.6 Å². The van der Waals surface area contributed by atoms with Gasteiger partial charge in [0.2, 0.25) is 0 Å². The standard InChI is InChI=1S/2C21H13F8N.C14H9F6N.C7H4F2O.CH4.ClH/c2*22-18-2-1-3-19(23)16(18)11-30-14-7-4-12(5-8-14)15-10-13(20(24,25)26)6-9-17(15)21(27,28)29;15-13(16,17)9-3-6-12(14(18,19)20)11(7-9)8-1-4-10(21)5-2-8;8-6-2-1-3-7(9)5(6)4-10;;/h2*1-10,30H,11H2;1-7H,21H2;1-4H;1H4;1H. The van der Waals surface area contributed by atoms with E-state index in [0.717, 1.165) is 36.4 Å². The Labute approximate surface area is 518 Å². The van der Waals surface area contributed by atoms with Crippen LogP contribution in [0, 0.1) is 34.9 Å². The summed E-state index contributed by atoms with van der Waals surface area (Å²) in [4.78, 5) is 9.97. The third-order valence-electron chi connectivity index (χ3n) is 12.7. The summed E-state index contributed by atoms with van der Waals surface area (Å²) in [5.74, 6) is -4.71. The second-order valence-electron chi connectivity index (χ2n) is 18.9. The van der Waals surface area contributed by atoms with Crippen molar-refractivity contribution in [2.75, 3.05) is 16.4 Å². The molecule has 4 nitrogen and oxygen atoms in total. The van der Waals surface area contributed by atoms with Crippen molar-refractivity contribution in [1.29, 1.82) is 0 Å². The second-order valence-corrected chi connectivity index (χ2v) is 18.9. The topological polar surface area (TPSA) is 67.2 Å².